The zero-order valence-electron chi connectivity index (χ0n) is 14.9. The molecule has 11 heteroatoms. The number of alkyl halides is 3. The molecule has 1 fully saturated rings. The summed E-state index contributed by atoms with van der Waals surface area (Å²) in [7, 11) is 0. The first-order chi connectivity index (χ1) is 12.7. The number of rotatable bonds is 4. The van der Waals surface area contributed by atoms with Crippen LogP contribution in [-0.4, -0.2) is 42.5 Å². The van der Waals surface area contributed by atoms with Crippen LogP contribution in [0.5, 0.6) is 11.5 Å². The third kappa shape index (κ3) is 7.17. The summed E-state index contributed by atoms with van der Waals surface area (Å²) in [4.78, 5) is 2.22. The zero-order valence-corrected chi connectivity index (χ0v) is 20.8. The van der Waals surface area contributed by atoms with Gasteiger partial charge in [0.15, 0.2) is 0 Å². The van der Waals surface area contributed by atoms with Crippen molar-refractivity contribution in [3.8, 4) is 11.5 Å². The summed E-state index contributed by atoms with van der Waals surface area (Å²) in [5.41, 5.74) is 1.55. The Balaban J connectivity index is 0.00000210. The fraction of sp³-hybridized carbons (Fsp3) is 0.333. The van der Waals surface area contributed by atoms with Gasteiger partial charge in [0.05, 0.1) is 9.61 Å². The highest BCUT2D eigenvalue weighted by molar-refractivity contribution is 14.1. The summed E-state index contributed by atoms with van der Waals surface area (Å²) in [6.07, 6.45) is -4.72. The van der Waals surface area contributed by atoms with Gasteiger partial charge in [-0.25, -0.2) is 0 Å². The molecule has 1 aliphatic rings. The van der Waals surface area contributed by atoms with Crippen LogP contribution in [0.2, 0.25) is 0 Å². The Morgan fingerprint density at radius 2 is 1.62 bits per heavy atom. The molecule has 2 N–H and O–H groups in total. The number of nitrogens with one attached hydrogen (secondary N) is 1. The number of hydrogen-bond donors (Lipinski definition) is 2. The predicted octanol–water partition coefficient (Wildman–Crippen LogP) is 5.34. The second kappa shape index (κ2) is 11.4. The van der Waals surface area contributed by atoms with Crippen LogP contribution in [0.4, 0.5) is 13.2 Å². The second-order valence-corrected chi connectivity index (χ2v) is 8.54. The van der Waals surface area contributed by atoms with Gasteiger partial charge < -0.3 is 15.2 Å². The number of phenolic OH excluding ortho intramolecular Hbond substituents is 1. The fourth-order valence-electron chi connectivity index (χ4n) is 3.17. The van der Waals surface area contributed by atoms with Crippen molar-refractivity contribution >= 4 is 70.0 Å². The van der Waals surface area contributed by atoms with Crippen molar-refractivity contribution in [2.24, 2.45) is 0 Å². The van der Waals surface area contributed by atoms with E-state index in [9.17, 15) is 18.3 Å². The molecule has 0 spiro atoms. The molecule has 1 saturated heterocycles. The van der Waals surface area contributed by atoms with Crippen LogP contribution >= 0.6 is 70.0 Å². The van der Waals surface area contributed by atoms with Crippen molar-refractivity contribution in [3.05, 3.63) is 54.7 Å². The largest absolute Gasteiger partial charge is 0.573 e. The molecular formula is C18H19Cl2F3I2N2O2. The second-order valence-electron chi connectivity index (χ2n) is 6.13. The van der Waals surface area contributed by atoms with Crippen LogP contribution in [0, 0.1) is 7.14 Å². The summed E-state index contributed by atoms with van der Waals surface area (Å²) in [5, 5.41) is 14.0. The molecule has 1 heterocycles. The molecule has 0 bridgehead atoms. The van der Waals surface area contributed by atoms with Crippen LogP contribution in [0.3, 0.4) is 0 Å². The molecule has 162 valence electrons. The lowest BCUT2D eigenvalue weighted by Gasteiger charge is -2.36. The first-order valence-electron chi connectivity index (χ1n) is 8.23. The molecule has 0 aliphatic carbocycles. The van der Waals surface area contributed by atoms with Gasteiger partial charge in [-0.2, -0.15) is 0 Å². The zero-order chi connectivity index (χ0) is 19.6. The number of nitrogens with zero attached hydrogens (tertiary/aromatic N) is 1. The van der Waals surface area contributed by atoms with Crippen molar-refractivity contribution in [3.63, 3.8) is 0 Å². The standard InChI is InChI=1S/C18H17F3I2N2O2.2ClH/c19-18(20,21)27-13-3-1-11(2-4-13)16(25-7-5-24-6-8-25)14-9-12(22)10-15(23)17(14)26;;/h1-4,9-10,16,24,26H,5-8H2;2*1H/t16-;;/m0../s1. The number of aromatic hydroxyl groups is 1. The highest BCUT2D eigenvalue weighted by Gasteiger charge is 2.32. The molecule has 0 amide bonds. The Hall–Kier alpha value is -0.210. The SMILES string of the molecule is Cl.Cl.Oc1c(I)cc(I)cc1[C@H](c1ccc(OC(F)(F)F)cc1)N1CCNCC1. The van der Waals surface area contributed by atoms with Crippen LogP contribution in [-0.2, 0) is 0 Å². The molecule has 1 aliphatic heterocycles. The van der Waals surface area contributed by atoms with Crippen LogP contribution < -0.4 is 10.1 Å². The quantitative estimate of drug-likeness (QED) is 0.430. The van der Waals surface area contributed by atoms with Gasteiger partial charge in [0.2, 0.25) is 0 Å². The lowest BCUT2D eigenvalue weighted by atomic mass is 9.95. The Kier molecular flexibility index (Phi) is 10.6. The number of hydrogen-bond acceptors (Lipinski definition) is 4. The van der Waals surface area contributed by atoms with Crippen LogP contribution in [0.1, 0.15) is 17.2 Å². The van der Waals surface area contributed by atoms with E-state index in [1.807, 2.05) is 12.1 Å². The number of phenols is 1. The third-order valence-corrected chi connectivity index (χ3v) is 5.74. The van der Waals surface area contributed by atoms with Crippen molar-refractivity contribution in [1.29, 1.82) is 0 Å². The lowest BCUT2D eigenvalue weighted by Crippen LogP contribution is -2.45. The molecule has 0 unspecified atom stereocenters. The van der Waals surface area contributed by atoms with E-state index >= 15 is 0 Å². The number of halogens is 7. The smallest absolute Gasteiger partial charge is 0.506 e. The predicted molar refractivity (Wildman–Crippen MR) is 127 cm³/mol. The van der Waals surface area contributed by atoms with Crippen molar-refractivity contribution in [2.45, 2.75) is 12.4 Å². The summed E-state index contributed by atoms with van der Waals surface area (Å²) in [6.45, 7) is 3.17. The molecular weight excluding hydrogens is 658 g/mol. The topological polar surface area (TPSA) is 44.7 Å². The molecule has 2 aromatic carbocycles. The first-order valence-corrected chi connectivity index (χ1v) is 10.4. The average molecular weight is 677 g/mol. The van der Waals surface area contributed by atoms with Crippen molar-refractivity contribution in [2.75, 3.05) is 26.2 Å². The first kappa shape index (κ1) is 26.8. The molecule has 29 heavy (non-hydrogen) atoms. The van der Waals surface area contributed by atoms with Crippen LogP contribution in [0.25, 0.3) is 0 Å². The molecule has 0 radical (unpaired) electrons. The van der Waals surface area contributed by atoms with Gasteiger partial charge in [-0.1, -0.05) is 12.1 Å². The van der Waals surface area contributed by atoms with E-state index in [0.29, 0.717) is 0 Å². The van der Waals surface area contributed by atoms with Gasteiger partial charge in [0.25, 0.3) is 0 Å². The number of benzene rings is 2. The van der Waals surface area contributed by atoms with Gasteiger partial charge in [-0.05, 0) is 75.0 Å². The Labute approximate surface area is 206 Å². The van der Waals surface area contributed by atoms with E-state index in [4.69, 9.17) is 0 Å². The maximum absolute atomic E-state index is 12.4. The Morgan fingerprint density at radius 3 is 2.17 bits per heavy atom. The minimum Gasteiger partial charge on any atom is -0.506 e. The average Bonchev–Trinajstić information content (AvgIpc) is 2.60. The summed E-state index contributed by atoms with van der Waals surface area (Å²) < 4.78 is 43.0. The third-order valence-electron chi connectivity index (χ3n) is 4.30. The molecule has 4 nitrogen and oxygen atoms in total. The van der Waals surface area contributed by atoms with Gasteiger partial charge in [-0.15, -0.1) is 38.0 Å². The maximum Gasteiger partial charge on any atom is 0.573 e. The normalized spacial score (nSPS) is 15.8. The summed E-state index contributed by atoms with van der Waals surface area (Å²) in [6, 6.07) is 9.43. The minimum atomic E-state index is -4.72. The lowest BCUT2D eigenvalue weighted by molar-refractivity contribution is -0.274. The van der Waals surface area contributed by atoms with Crippen molar-refractivity contribution < 1.29 is 23.0 Å². The highest BCUT2D eigenvalue weighted by Crippen LogP contribution is 2.38. The van der Waals surface area contributed by atoms with Crippen LogP contribution in [0.15, 0.2) is 36.4 Å². The van der Waals surface area contributed by atoms with Gasteiger partial charge in [-0.3, -0.25) is 4.90 Å². The number of piperazine rings is 1. The van der Waals surface area contributed by atoms with E-state index in [1.54, 1.807) is 12.1 Å². The number of ether oxygens (including phenoxy) is 1. The summed E-state index contributed by atoms with van der Waals surface area (Å²) >= 11 is 4.29. The Morgan fingerprint density at radius 1 is 1.03 bits per heavy atom. The monoisotopic (exact) mass is 676 g/mol. The molecule has 2 aromatic rings. The molecule has 0 aromatic heterocycles. The van der Waals surface area contributed by atoms with E-state index < -0.39 is 6.36 Å². The summed E-state index contributed by atoms with van der Waals surface area (Å²) in [5.74, 6) is -0.0538. The van der Waals surface area contributed by atoms with Crippen molar-refractivity contribution in [1.82, 2.24) is 10.2 Å². The molecule has 1 atom stereocenters. The van der Waals surface area contributed by atoms with E-state index in [0.717, 1.165) is 44.4 Å². The van der Waals surface area contributed by atoms with Gasteiger partial charge in [0, 0.05) is 35.3 Å². The maximum atomic E-state index is 12.4. The molecule has 0 saturated carbocycles. The minimum absolute atomic E-state index is 0. The van der Waals surface area contributed by atoms with E-state index in [2.05, 4.69) is 60.1 Å². The van der Waals surface area contributed by atoms with Gasteiger partial charge in [0.1, 0.15) is 11.5 Å². The van der Waals surface area contributed by atoms with E-state index in [1.165, 1.54) is 12.1 Å². The molecule has 3 rings (SSSR count). The Bertz CT molecular complexity index is 805. The van der Waals surface area contributed by atoms with E-state index in [-0.39, 0.29) is 42.4 Å². The highest BCUT2D eigenvalue weighted by atomic mass is 127. The van der Waals surface area contributed by atoms with Gasteiger partial charge >= 0.3 is 6.36 Å². The fourth-order valence-corrected chi connectivity index (χ4v) is 5.06.